The molecule has 0 fully saturated rings. The molecule has 0 bridgehead atoms. The van der Waals surface area contributed by atoms with Gasteiger partial charge in [-0.05, 0) is 42.0 Å². The molecule has 7 nitrogen and oxygen atoms in total. The van der Waals surface area contributed by atoms with Crippen LogP contribution in [0.25, 0.3) is 0 Å². The van der Waals surface area contributed by atoms with Crippen LogP contribution in [-0.4, -0.2) is 41.4 Å². The number of alkyl halides is 1. The summed E-state index contributed by atoms with van der Waals surface area (Å²) in [5.74, 6) is -3.01. The topological polar surface area (TPSA) is 104 Å². The molecule has 0 N–H and O–H groups in total. The molecule has 0 amide bonds. The summed E-state index contributed by atoms with van der Waals surface area (Å²) in [7, 11) is -8.24. The number of methoxy groups -OCH3 is 2. The Morgan fingerprint density at radius 3 is 1.60 bits per heavy atom. The fraction of sp³-hybridized carbons (Fsp3) is 0.160. The van der Waals surface area contributed by atoms with Crippen LogP contribution in [0.1, 0.15) is 11.5 Å². The number of halogens is 1. The van der Waals surface area contributed by atoms with Gasteiger partial charge in [0.1, 0.15) is 5.75 Å². The first-order chi connectivity index (χ1) is 16.5. The summed E-state index contributed by atoms with van der Waals surface area (Å²) < 4.78 is 78.6. The van der Waals surface area contributed by atoms with Crippen molar-refractivity contribution in [3.63, 3.8) is 0 Å². The average molecular weight is 519 g/mol. The second-order valence-corrected chi connectivity index (χ2v) is 11.8. The molecule has 0 radical (unpaired) electrons. The fourth-order valence-corrected chi connectivity index (χ4v) is 8.21. The van der Waals surface area contributed by atoms with Crippen LogP contribution in [0, 0.1) is 0 Å². The molecule has 3 aromatic rings. The maximum atomic E-state index is 17.5. The minimum atomic E-state index is -5.31. The van der Waals surface area contributed by atoms with E-state index in [0.717, 1.165) is 31.4 Å². The standard InChI is InChI=1S/C25H23FO7S2/c1-18(24(27)33-3)23(19-14-16-20(32-2)17-15-19)25(26,34(28,29)21-10-6-4-7-11-21)35(30,31)22-12-8-5-9-13-22/h4-17,23H,1H2,2-3H3/t23-/m0/s1. The first-order valence-electron chi connectivity index (χ1n) is 10.2. The van der Waals surface area contributed by atoms with Crippen molar-refractivity contribution in [1.82, 2.24) is 0 Å². The van der Waals surface area contributed by atoms with E-state index in [1.54, 1.807) is 0 Å². The Morgan fingerprint density at radius 1 is 0.800 bits per heavy atom. The van der Waals surface area contributed by atoms with Crippen molar-refractivity contribution in [3.05, 3.63) is 103 Å². The highest BCUT2D eigenvalue weighted by Crippen LogP contribution is 2.50. The molecule has 1 atom stereocenters. The third-order valence-electron chi connectivity index (χ3n) is 5.43. The molecule has 0 unspecified atom stereocenters. The van der Waals surface area contributed by atoms with Crippen LogP contribution in [0.15, 0.2) is 107 Å². The molecule has 10 heteroatoms. The van der Waals surface area contributed by atoms with E-state index in [0.29, 0.717) is 5.75 Å². The van der Waals surface area contributed by atoms with Crippen LogP contribution in [0.2, 0.25) is 0 Å². The second-order valence-electron chi connectivity index (χ2n) is 7.44. The molecule has 0 aliphatic heterocycles. The van der Waals surface area contributed by atoms with Gasteiger partial charge in [0.2, 0.25) is 19.7 Å². The Morgan fingerprint density at radius 2 is 1.23 bits per heavy atom. The summed E-state index contributed by atoms with van der Waals surface area (Å²) in [6.07, 6.45) is 0. The van der Waals surface area contributed by atoms with Crippen LogP contribution in [-0.2, 0) is 29.2 Å². The lowest BCUT2D eigenvalue weighted by molar-refractivity contribution is -0.136. The summed E-state index contributed by atoms with van der Waals surface area (Å²) in [6.45, 7) is 3.55. The Balaban J connectivity index is 2.45. The van der Waals surface area contributed by atoms with E-state index in [-0.39, 0.29) is 5.56 Å². The van der Waals surface area contributed by atoms with Crippen LogP contribution >= 0.6 is 0 Å². The molecular formula is C25H23FO7S2. The Hall–Kier alpha value is -3.50. The highest BCUT2D eigenvalue weighted by atomic mass is 32.3. The van der Waals surface area contributed by atoms with Crippen molar-refractivity contribution in [3.8, 4) is 5.75 Å². The minimum Gasteiger partial charge on any atom is -0.497 e. The predicted octanol–water partition coefficient (Wildman–Crippen LogP) is 4.08. The van der Waals surface area contributed by atoms with Crippen LogP contribution < -0.4 is 4.74 Å². The Kier molecular flexibility index (Phi) is 7.47. The molecule has 35 heavy (non-hydrogen) atoms. The smallest absolute Gasteiger partial charge is 0.333 e. The van der Waals surface area contributed by atoms with Crippen molar-refractivity contribution >= 4 is 25.6 Å². The van der Waals surface area contributed by atoms with Gasteiger partial charge in [-0.3, -0.25) is 0 Å². The van der Waals surface area contributed by atoms with E-state index in [1.807, 2.05) is 0 Å². The molecule has 0 aliphatic carbocycles. The van der Waals surface area contributed by atoms with Crippen molar-refractivity contribution in [1.29, 1.82) is 0 Å². The van der Waals surface area contributed by atoms with Crippen molar-refractivity contribution < 1.29 is 35.5 Å². The van der Waals surface area contributed by atoms with E-state index in [2.05, 4.69) is 11.3 Å². The predicted molar refractivity (Wildman–Crippen MR) is 128 cm³/mol. The van der Waals surface area contributed by atoms with Gasteiger partial charge >= 0.3 is 10.3 Å². The van der Waals surface area contributed by atoms with Gasteiger partial charge in [0, 0.05) is 5.57 Å². The second kappa shape index (κ2) is 10.0. The third-order valence-corrected chi connectivity index (χ3v) is 10.5. The summed E-state index contributed by atoms with van der Waals surface area (Å²) in [5.41, 5.74) is -0.832. The lowest BCUT2D eigenvalue weighted by Gasteiger charge is -2.33. The number of hydrogen-bond acceptors (Lipinski definition) is 7. The van der Waals surface area contributed by atoms with Gasteiger partial charge < -0.3 is 9.47 Å². The van der Waals surface area contributed by atoms with E-state index in [9.17, 15) is 21.6 Å². The summed E-state index contributed by atoms with van der Waals surface area (Å²) in [5, 5.41) is 0. The molecular weight excluding hydrogens is 495 g/mol. The van der Waals surface area contributed by atoms with Crippen molar-refractivity contribution in [2.45, 2.75) is 20.0 Å². The van der Waals surface area contributed by atoms with Crippen molar-refractivity contribution in [2.75, 3.05) is 14.2 Å². The SMILES string of the molecule is C=C(C(=O)OC)[C@@H](c1ccc(OC)cc1)C(F)(S(=O)(=O)c1ccccc1)S(=O)(=O)c1ccccc1. The van der Waals surface area contributed by atoms with Gasteiger partial charge in [0.15, 0.2) is 0 Å². The van der Waals surface area contributed by atoms with E-state index in [4.69, 9.17) is 4.74 Å². The largest absolute Gasteiger partial charge is 0.497 e. The number of carbonyl (C=O) groups is 1. The minimum absolute atomic E-state index is 0.136. The third kappa shape index (κ3) is 4.46. The molecule has 0 saturated carbocycles. The Labute approximate surface area is 203 Å². The molecule has 0 aromatic heterocycles. The van der Waals surface area contributed by atoms with E-state index >= 15 is 4.39 Å². The first kappa shape index (κ1) is 26.1. The molecule has 3 aromatic carbocycles. The van der Waals surface area contributed by atoms with Crippen LogP contribution in [0.4, 0.5) is 4.39 Å². The molecule has 3 rings (SSSR count). The van der Waals surface area contributed by atoms with Gasteiger partial charge in [0.25, 0.3) is 0 Å². The highest BCUT2D eigenvalue weighted by molar-refractivity contribution is 8.10. The normalized spacial score (nSPS) is 13.0. The first-order valence-corrected chi connectivity index (χ1v) is 13.2. The van der Waals surface area contributed by atoms with E-state index in [1.165, 1.54) is 67.8 Å². The number of esters is 1. The van der Waals surface area contributed by atoms with Gasteiger partial charge in [-0.15, -0.1) is 0 Å². The zero-order valence-electron chi connectivity index (χ0n) is 18.9. The number of hydrogen-bond donors (Lipinski definition) is 0. The Bertz CT molecular complexity index is 1350. The zero-order valence-corrected chi connectivity index (χ0v) is 20.6. The quantitative estimate of drug-likeness (QED) is 0.311. The summed E-state index contributed by atoms with van der Waals surface area (Å²) in [6, 6.07) is 18.0. The molecule has 0 heterocycles. The average Bonchev–Trinajstić information content (AvgIpc) is 2.89. The number of rotatable bonds is 9. The number of sulfone groups is 2. The van der Waals surface area contributed by atoms with Gasteiger partial charge in [-0.2, -0.15) is 0 Å². The molecule has 184 valence electrons. The monoisotopic (exact) mass is 518 g/mol. The molecule has 0 saturated heterocycles. The molecule has 0 spiro atoms. The van der Waals surface area contributed by atoms with Gasteiger partial charge in [-0.25, -0.2) is 26.0 Å². The van der Waals surface area contributed by atoms with Gasteiger partial charge in [0.05, 0.1) is 29.9 Å². The number of benzene rings is 3. The lowest BCUT2D eigenvalue weighted by atomic mass is 9.92. The zero-order chi connectivity index (χ0) is 25.9. The van der Waals surface area contributed by atoms with Gasteiger partial charge in [-0.1, -0.05) is 55.1 Å². The number of carbonyl (C=O) groups excluding carboxylic acids is 1. The van der Waals surface area contributed by atoms with Crippen LogP contribution in [0.3, 0.4) is 0 Å². The maximum absolute atomic E-state index is 17.5. The maximum Gasteiger partial charge on any atom is 0.333 e. The van der Waals surface area contributed by atoms with Crippen LogP contribution in [0.5, 0.6) is 5.75 Å². The number of ether oxygens (including phenoxy) is 2. The lowest BCUT2D eigenvalue weighted by Crippen LogP contribution is -2.48. The highest BCUT2D eigenvalue weighted by Gasteiger charge is 2.64. The summed E-state index contributed by atoms with van der Waals surface area (Å²) in [4.78, 5) is 11.4. The summed E-state index contributed by atoms with van der Waals surface area (Å²) >= 11 is 0. The van der Waals surface area contributed by atoms with Crippen molar-refractivity contribution in [2.24, 2.45) is 0 Å². The fourth-order valence-electron chi connectivity index (χ4n) is 3.63. The molecule has 0 aliphatic rings. The van der Waals surface area contributed by atoms with E-state index < -0.39 is 51.3 Å².